The highest BCUT2D eigenvalue weighted by Gasteiger charge is 2.23. The third kappa shape index (κ3) is 9.66. The van der Waals surface area contributed by atoms with E-state index >= 15 is 0 Å². The molecule has 2 fully saturated rings. The van der Waals surface area contributed by atoms with Crippen LogP contribution in [-0.4, -0.2) is 35.4 Å². The van der Waals surface area contributed by atoms with Crippen molar-refractivity contribution in [2.75, 3.05) is 13.2 Å². The van der Waals surface area contributed by atoms with Crippen molar-refractivity contribution in [1.29, 1.82) is 0 Å². The fourth-order valence-electron chi connectivity index (χ4n) is 4.20. The van der Waals surface area contributed by atoms with Gasteiger partial charge in [-0.15, -0.1) is 0 Å². The minimum atomic E-state index is -0.131. The molecule has 7 heteroatoms. The predicted octanol–water partition coefficient (Wildman–Crippen LogP) is 5.61. The van der Waals surface area contributed by atoms with E-state index in [4.69, 9.17) is 14.2 Å². The predicted molar refractivity (Wildman–Crippen MR) is 116 cm³/mol. The van der Waals surface area contributed by atoms with Gasteiger partial charge >= 0.3 is 11.9 Å². The van der Waals surface area contributed by atoms with Gasteiger partial charge in [-0.25, -0.2) is 0 Å². The Labute approximate surface area is 185 Å². The number of aliphatic hydroxyl groups excluding tert-OH is 2. The zero-order chi connectivity index (χ0) is 22.3. The number of esters is 2. The van der Waals surface area contributed by atoms with Crippen molar-refractivity contribution in [3.8, 4) is 0 Å². The fourth-order valence-corrected chi connectivity index (χ4v) is 4.20. The maximum Gasteiger partial charge on any atom is 0.308 e. The zero-order valence-corrected chi connectivity index (χ0v) is 18.6. The van der Waals surface area contributed by atoms with Crippen LogP contribution in [0.25, 0.3) is 0 Å². The van der Waals surface area contributed by atoms with Crippen molar-refractivity contribution < 1.29 is 34.0 Å². The summed E-state index contributed by atoms with van der Waals surface area (Å²) in [5.41, 5.74) is 0. The Morgan fingerprint density at radius 1 is 0.677 bits per heavy atom. The number of hydrogen-bond acceptors (Lipinski definition) is 7. The number of carbonyl (C=O) groups is 2. The van der Waals surface area contributed by atoms with Crippen LogP contribution in [-0.2, 0) is 23.8 Å². The third-order valence-electron chi connectivity index (χ3n) is 6.05. The SMILES string of the molecule is O=C(OCCCC(=CO)OC(=CO)CCCOC(=O)C1CCCCC1)C1CCCCC1. The van der Waals surface area contributed by atoms with Crippen LogP contribution in [0.3, 0.4) is 0 Å². The molecule has 0 unspecified atom stereocenters. The monoisotopic (exact) mass is 438 g/mol. The minimum Gasteiger partial charge on any atom is -0.512 e. The summed E-state index contributed by atoms with van der Waals surface area (Å²) >= 11 is 0. The molecule has 0 bridgehead atoms. The lowest BCUT2D eigenvalue weighted by Crippen LogP contribution is -2.20. The Morgan fingerprint density at radius 2 is 1.06 bits per heavy atom. The quantitative estimate of drug-likeness (QED) is 0.232. The van der Waals surface area contributed by atoms with Crippen molar-refractivity contribution in [1.82, 2.24) is 0 Å². The first kappa shape index (κ1) is 25.1. The van der Waals surface area contributed by atoms with E-state index in [1.54, 1.807) is 0 Å². The van der Waals surface area contributed by atoms with Gasteiger partial charge in [-0.1, -0.05) is 38.5 Å². The second kappa shape index (κ2) is 14.8. The molecule has 0 aromatic carbocycles. The van der Waals surface area contributed by atoms with E-state index < -0.39 is 0 Å². The summed E-state index contributed by atoms with van der Waals surface area (Å²) in [4.78, 5) is 24.1. The summed E-state index contributed by atoms with van der Waals surface area (Å²) in [7, 11) is 0. The largest absolute Gasteiger partial charge is 0.512 e. The average molecular weight is 439 g/mol. The van der Waals surface area contributed by atoms with E-state index in [2.05, 4.69) is 0 Å². The molecule has 2 rings (SSSR count). The molecular weight excluding hydrogens is 400 g/mol. The maximum absolute atomic E-state index is 12.0. The maximum atomic E-state index is 12.0. The Kier molecular flexibility index (Phi) is 11.9. The summed E-state index contributed by atoms with van der Waals surface area (Å²) < 4.78 is 16.2. The number of hydrogen-bond donors (Lipinski definition) is 2. The second-order valence-corrected chi connectivity index (χ2v) is 8.50. The Bertz CT molecular complexity index is 547. The van der Waals surface area contributed by atoms with Gasteiger partial charge in [0, 0.05) is 12.8 Å². The van der Waals surface area contributed by atoms with Crippen LogP contribution < -0.4 is 0 Å². The molecule has 0 atom stereocenters. The van der Waals surface area contributed by atoms with Crippen molar-refractivity contribution in [3.05, 3.63) is 24.0 Å². The Balaban J connectivity index is 1.58. The lowest BCUT2D eigenvalue weighted by Gasteiger charge is -2.20. The van der Waals surface area contributed by atoms with Gasteiger partial charge in [-0.2, -0.15) is 0 Å². The van der Waals surface area contributed by atoms with E-state index in [1.165, 1.54) is 12.8 Å². The van der Waals surface area contributed by atoms with Gasteiger partial charge < -0.3 is 24.4 Å². The standard InChI is InChI=1S/C24H38O7/c25-17-21(13-7-15-29-23(27)19-9-3-1-4-10-19)31-22(18-26)14-8-16-30-24(28)20-11-5-2-6-12-20/h17-20,25-26H,1-16H2. The first-order chi connectivity index (χ1) is 15.1. The minimum absolute atomic E-state index is 0.0222. The third-order valence-corrected chi connectivity index (χ3v) is 6.05. The van der Waals surface area contributed by atoms with Gasteiger partial charge in [0.05, 0.1) is 25.0 Å². The lowest BCUT2D eigenvalue weighted by atomic mass is 9.89. The molecule has 0 radical (unpaired) electrons. The van der Waals surface area contributed by atoms with Crippen LogP contribution in [0.1, 0.15) is 89.9 Å². The topological polar surface area (TPSA) is 102 Å². The van der Waals surface area contributed by atoms with Gasteiger partial charge in [0.2, 0.25) is 0 Å². The van der Waals surface area contributed by atoms with E-state index in [9.17, 15) is 19.8 Å². The average Bonchev–Trinajstić information content (AvgIpc) is 2.83. The summed E-state index contributed by atoms with van der Waals surface area (Å²) in [6, 6.07) is 0. The molecule has 2 N–H and O–H groups in total. The molecule has 31 heavy (non-hydrogen) atoms. The molecule has 0 amide bonds. The molecule has 2 aliphatic rings. The number of carbonyl (C=O) groups excluding carboxylic acids is 2. The zero-order valence-electron chi connectivity index (χ0n) is 18.6. The van der Waals surface area contributed by atoms with Crippen LogP contribution in [0.4, 0.5) is 0 Å². The van der Waals surface area contributed by atoms with Gasteiger partial charge in [0.25, 0.3) is 0 Å². The smallest absolute Gasteiger partial charge is 0.308 e. The molecule has 2 saturated carbocycles. The Hall–Kier alpha value is -2.18. The van der Waals surface area contributed by atoms with Gasteiger partial charge in [-0.05, 0) is 38.5 Å². The van der Waals surface area contributed by atoms with E-state index in [0.717, 1.165) is 63.9 Å². The van der Waals surface area contributed by atoms with Crippen LogP contribution in [0.15, 0.2) is 24.0 Å². The number of aliphatic hydroxyl groups is 2. The molecule has 0 aromatic heterocycles. The molecule has 0 saturated heterocycles. The van der Waals surface area contributed by atoms with Crippen molar-refractivity contribution in [2.45, 2.75) is 89.9 Å². The highest BCUT2D eigenvalue weighted by Crippen LogP contribution is 2.26. The molecule has 0 aromatic rings. The summed E-state index contributed by atoms with van der Waals surface area (Å²) in [6.07, 6.45) is 13.8. The fraction of sp³-hybridized carbons (Fsp3) is 0.750. The number of allylic oxidation sites excluding steroid dienone is 2. The van der Waals surface area contributed by atoms with E-state index in [-0.39, 0.29) is 48.5 Å². The second-order valence-electron chi connectivity index (χ2n) is 8.50. The summed E-state index contributed by atoms with van der Waals surface area (Å²) in [6.45, 7) is 0.538. The van der Waals surface area contributed by atoms with Crippen molar-refractivity contribution in [2.24, 2.45) is 11.8 Å². The lowest BCUT2D eigenvalue weighted by molar-refractivity contribution is -0.150. The van der Waals surface area contributed by atoms with Crippen molar-refractivity contribution in [3.63, 3.8) is 0 Å². The van der Waals surface area contributed by atoms with Crippen LogP contribution in [0, 0.1) is 11.8 Å². The van der Waals surface area contributed by atoms with Crippen LogP contribution >= 0.6 is 0 Å². The van der Waals surface area contributed by atoms with Gasteiger partial charge in [0.15, 0.2) is 0 Å². The van der Waals surface area contributed by atoms with E-state index in [1.807, 2.05) is 0 Å². The highest BCUT2D eigenvalue weighted by molar-refractivity contribution is 5.72. The molecule has 0 spiro atoms. The normalized spacial score (nSPS) is 19.1. The van der Waals surface area contributed by atoms with Crippen molar-refractivity contribution >= 4 is 11.9 Å². The number of rotatable bonds is 12. The molecular formula is C24H38O7. The summed E-state index contributed by atoms with van der Waals surface area (Å²) in [5, 5.41) is 18.8. The highest BCUT2D eigenvalue weighted by atomic mass is 16.5. The first-order valence-electron chi connectivity index (χ1n) is 11.8. The van der Waals surface area contributed by atoms with E-state index in [0.29, 0.717) is 25.7 Å². The number of ether oxygens (including phenoxy) is 3. The molecule has 176 valence electrons. The molecule has 7 nitrogen and oxygen atoms in total. The van der Waals surface area contributed by atoms with Gasteiger partial charge in [-0.3, -0.25) is 9.59 Å². The van der Waals surface area contributed by atoms with Crippen LogP contribution in [0.2, 0.25) is 0 Å². The molecule has 0 heterocycles. The molecule has 0 aliphatic heterocycles. The Morgan fingerprint density at radius 3 is 1.42 bits per heavy atom. The van der Waals surface area contributed by atoms with Gasteiger partial charge in [0.1, 0.15) is 24.0 Å². The first-order valence-corrected chi connectivity index (χ1v) is 11.8. The van der Waals surface area contributed by atoms with Crippen LogP contribution in [0.5, 0.6) is 0 Å². The molecule has 2 aliphatic carbocycles. The summed E-state index contributed by atoms with van der Waals surface area (Å²) in [5.74, 6) is 0.354.